The van der Waals surface area contributed by atoms with Crippen molar-refractivity contribution in [1.29, 1.82) is 0 Å². The van der Waals surface area contributed by atoms with Crippen LogP contribution in [-0.2, 0) is 6.54 Å². The second-order valence-corrected chi connectivity index (χ2v) is 9.09. The minimum atomic E-state index is -0.238. The summed E-state index contributed by atoms with van der Waals surface area (Å²) in [6.07, 6.45) is 9.81. The summed E-state index contributed by atoms with van der Waals surface area (Å²) in [5.74, 6) is 0.334. The van der Waals surface area contributed by atoms with E-state index in [9.17, 15) is 9.18 Å². The van der Waals surface area contributed by atoms with E-state index in [0.29, 0.717) is 11.5 Å². The predicted molar refractivity (Wildman–Crippen MR) is 119 cm³/mol. The third-order valence-corrected chi connectivity index (χ3v) is 6.87. The molecule has 0 unspecified atom stereocenters. The van der Waals surface area contributed by atoms with Gasteiger partial charge >= 0.3 is 0 Å². The van der Waals surface area contributed by atoms with Crippen LogP contribution in [0.3, 0.4) is 0 Å². The number of rotatable bonds is 5. The molecule has 5 heteroatoms. The Morgan fingerprint density at radius 1 is 1.03 bits per heavy atom. The highest BCUT2D eigenvalue weighted by Gasteiger charge is 2.24. The van der Waals surface area contributed by atoms with Crippen LogP contribution in [0.5, 0.6) is 0 Å². The Bertz CT molecular complexity index is 892. The molecule has 2 aliphatic rings. The fourth-order valence-electron chi connectivity index (χ4n) is 5.04. The van der Waals surface area contributed by atoms with Crippen molar-refractivity contribution in [2.45, 2.75) is 71.8 Å². The number of halogens is 1. The molecule has 4 rings (SSSR count). The lowest BCUT2D eigenvalue weighted by Crippen LogP contribution is -2.45. The summed E-state index contributed by atoms with van der Waals surface area (Å²) in [5, 5.41) is 2.04. The number of carbonyl (C=O) groups is 1. The molecule has 1 aromatic carbocycles. The zero-order valence-electron chi connectivity index (χ0n) is 18.3. The normalized spacial score (nSPS) is 18.5. The van der Waals surface area contributed by atoms with Gasteiger partial charge in [-0.3, -0.25) is 10.2 Å². The number of piperidine rings is 1. The molecule has 0 bridgehead atoms. The average molecular weight is 412 g/mol. The quantitative estimate of drug-likeness (QED) is 0.693. The Balaban J connectivity index is 1.68. The first-order chi connectivity index (χ1) is 14.5. The number of aryl methyl sites for hydroxylation is 1. The van der Waals surface area contributed by atoms with Crippen molar-refractivity contribution in [3.8, 4) is 11.3 Å². The van der Waals surface area contributed by atoms with E-state index in [4.69, 9.17) is 0 Å². The van der Waals surface area contributed by atoms with Crippen LogP contribution < -0.4 is 5.43 Å². The summed E-state index contributed by atoms with van der Waals surface area (Å²) in [7, 11) is 0. The molecule has 162 valence electrons. The first-order valence-corrected chi connectivity index (χ1v) is 11.6. The van der Waals surface area contributed by atoms with Gasteiger partial charge in [-0.2, -0.15) is 0 Å². The fraction of sp³-hybridized carbons (Fsp3) is 0.560. The maximum Gasteiger partial charge on any atom is 0.267 e. The number of hydrazine groups is 1. The first kappa shape index (κ1) is 21.1. The van der Waals surface area contributed by atoms with Gasteiger partial charge in [-0.25, -0.2) is 9.40 Å². The monoisotopic (exact) mass is 411 g/mol. The van der Waals surface area contributed by atoms with Gasteiger partial charge in [-0.05, 0) is 69.2 Å². The standard InChI is InChI=1S/C25H34FN3O/c1-18-11-12-21(26)15-22(18)24-16-23(25(30)27-28-13-7-4-8-14-28)19(2)29(24)17-20-9-5-3-6-10-20/h11-12,15-16,20H,3-10,13-14,17H2,1-2H3,(H,27,30). The number of nitrogens with one attached hydrogen (secondary N) is 1. The molecular formula is C25H34FN3O. The highest BCUT2D eigenvalue weighted by Crippen LogP contribution is 2.33. The molecule has 2 heterocycles. The third-order valence-electron chi connectivity index (χ3n) is 6.87. The van der Waals surface area contributed by atoms with E-state index in [-0.39, 0.29) is 11.7 Å². The van der Waals surface area contributed by atoms with Crippen LogP contribution >= 0.6 is 0 Å². The Morgan fingerprint density at radius 2 is 1.73 bits per heavy atom. The van der Waals surface area contributed by atoms with Crippen LogP contribution in [0.2, 0.25) is 0 Å². The first-order valence-electron chi connectivity index (χ1n) is 11.6. The fourth-order valence-corrected chi connectivity index (χ4v) is 5.04. The van der Waals surface area contributed by atoms with Crippen molar-refractivity contribution < 1.29 is 9.18 Å². The average Bonchev–Trinajstić information content (AvgIpc) is 3.07. The predicted octanol–water partition coefficient (Wildman–Crippen LogP) is 5.62. The lowest BCUT2D eigenvalue weighted by atomic mass is 9.89. The van der Waals surface area contributed by atoms with E-state index in [0.717, 1.165) is 55.0 Å². The topological polar surface area (TPSA) is 37.3 Å². The van der Waals surface area contributed by atoms with Gasteiger partial charge in [-0.1, -0.05) is 31.7 Å². The van der Waals surface area contributed by atoms with Crippen molar-refractivity contribution in [3.05, 3.63) is 46.9 Å². The SMILES string of the molecule is Cc1ccc(F)cc1-c1cc(C(=O)NN2CCCCC2)c(C)n1CC1CCCCC1. The molecule has 0 radical (unpaired) electrons. The van der Waals surface area contributed by atoms with Crippen LogP contribution in [0.4, 0.5) is 4.39 Å². The number of hydrogen-bond donors (Lipinski definition) is 1. The molecular weight excluding hydrogens is 377 g/mol. The highest BCUT2D eigenvalue weighted by atomic mass is 19.1. The third kappa shape index (κ3) is 4.61. The highest BCUT2D eigenvalue weighted by molar-refractivity contribution is 5.96. The van der Waals surface area contributed by atoms with Gasteiger partial charge in [0.1, 0.15) is 5.82 Å². The van der Waals surface area contributed by atoms with Crippen molar-refractivity contribution in [2.75, 3.05) is 13.1 Å². The number of benzene rings is 1. The second-order valence-electron chi connectivity index (χ2n) is 9.09. The van der Waals surface area contributed by atoms with Crippen LogP contribution in [0.1, 0.15) is 73.0 Å². The lowest BCUT2D eigenvalue weighted by Gasteiger charge is -2.27. The Labute approximate surface area is 179 Å². The van der Waals surface area contributed by atoms with Crippen molar-refractivity contribution in [3.63, 3.8) is 0 Å². The van der Waals surface area contributed by atoms with E-state index in [1.54, 1.807) is 6.07 Å². The van der Waals surface area contributed by atoms with E-state index < -0.39 is 0 Å². The lowest BCUT2D eigenvalue weighted by molar-refractivity contribution is 0.0749. The van der Waals surface area contributed by atoms with Gasteiger partial charge in [-0.15, -0.1) is 0 Å². The summed E-state index contributed by atoms with van der Waals surface area (Å²) >= 11 is 0. The van der Waals surface area contributed by atoms with Gasteiger partial charge in [0, 0.05) is 36.6 Å². The zero-order chi connectivity index (χ0) is 21.1. The minimum absolute atomic E-state index is 0.0490. The summed E-state index contributed by atoms with van der Waals surface area (Å²) in [6.45, 7) is 6.75. The number of hydrogen-bond acceptors (Lipinski definition) is 2. The van der Waals surface area contributed by atoms with Gasteiger partial charge in [0.05, 0.1) is 5.56 Å². The molecule has 30 heavy (non-hydrogen) atoms. The molecule has 0 spiro atoms. The molecule has 1 saturated heterocycles. The largest absolute Gasteiger partial charge is 0.344 e. The molecule has 1 aliphatic carbocycles. The summed E-state index contributed by atoms with van der Waals surface area (Å²) < 4.78 is 16.4. The van der Waals surface area contributed by atoms with Crippen LogP contribution in [0.15, 0.2) is 24.3 Å². The molecule has 4 nitrogen and oxygen atoms in total. The van der Waals surface area contributed by atoms with E-state index in [1.165, 1.54) is 44.6 Å². The summed E-state index contributed by atoms with van der Waals surface area (Å²) in [5.41, 5.74) is 7.66. The zero-order valence-corrected chi connectivity index (χ0v) is 18.3. The van der Waals surface area contributed by atoms with Crippen LogP contribution in [-0.4, -0.2) is 28.6 Å². The van der Waals surface area contributed by atoms with Gasteiger partial charge < -0.3 is 4.57 Å². The van der Waals surface area contributed by atoms with Crippen molar-refractivity contribution >= 4 is 5.91 Å². The van der Waals surface area contributed by atoms with Crippen LogP contribution in [0, 0.1) is 25.6 Å². The van der Waals surface area contributed by atoms with E-state index in [1.807, 2.05) is 31.0 Å². The maximum absolute atomic E-state index is 14.1. The maximum atomic E-state index is 14.1. The molecule has 1 amide bonds. The summed E-state index contributed by atoms with van der Waals surface area (Å²) in [4.78, 5) is 13.1. The smallest absolute Gasteiger partial charge is 0.267 e. The Kier molecular flexibility index (Phi) is 6.57. The number of amides is 1. The van der Waals surface area contributed by atoms with Gasteiger partial charge in [0.25, 0.3) is 5.91 Å². The van der Waals surface area contributed by atoms with Gasteiger partial charge in [0.15, 0.2) is 0 Å². The molecule has 0 atom stereocenters. The Morgan fingerprint density at radius 3 is 2.47 bits per heavy atom. The van der Waals surface area contributed by atoms with E-state index >= 15 is 0 Å². The van der Waals surface area contributed by atoms with E-state index in [2.05, 4.69) is 9.99 Å². The van der Waals surface area contributed by atoms with Crippen LogP contribution in [0.25, 0.3) is 11.3 Å². The van der Waals surface area contributed by atoms with Crippen molar-refractivity contribution in [2.24, 2.45) is 5.92 Å². The molecule has 1 aliphatic heterocycles. The number of carbonyl (C=O) groups excluding carboxylic acids is 1. The molecule has 1 saturated carbocycles. The molecule has 2 fully saturated rings. The second kappa shape index (κ2) is 9.34. The number of nitrogens with zero attached hydrogens (tertiary/aromatic N) is 2. The molecule has 1 N–H and O–H groups in total. The molecule has 1 aromatic heterocycles. The van der Waals surface area contributed by atoms with Crippen molar-refractivity contribution in [1.82, 2.24) is 15.0 Å². The minimum Gasteiger partial charge on any atom is -0.344 e. The van der Waals surface area contributed by atoms with Gasteiger partial charge in [0.2, 0.25) is 0 Å². The molecule has 2 aromatic rings. The summed E-state index contributed by atoms with van der Waals surface area (Å²) in [6, 6.07) is 6.91. The number of aromatic nitrogens is 1. The Hall–Kier alpha value is -2.14.